The highest BCUT2D eigenvalue weighted by atomic mass is 35.5. The van der Waals surface area contributed by atoms with Crippen LogP contribution < -0.4 is 10.2 Å². The highest BCUT2D eigenvalue weighted by molar-refractivity contribution is 7.90. The summed E-state index contributed by atoms with van der Waals surface area (Å²) in [6.45, 7) is 5.93. The van der Waals surface area contributed by atoms with Gasteiger partial charge in [0.15, 0.2) is 6.61 Å². The summed E-state index contributed by atoms with van der Waals surface area (Å²) in [5, 5.41) is 2.80. The Hall–Kier alpha value is -2.13. The average Bonchev–Trinajstić information content (AvgIpc) is 2.90. The maximum Gasteiger partial charge on any atom is 0.340 e. The molecule has 1 saturated heterocycles. The van der Waals surface area contributed by atoms with Crippen LogP contribution in [0.1, 0.15) is 56.8 Å². The number of rotatable bonds is 5. The van der Waals surface area contributed by atoms with Gasteiger partial charge in [0.2, 0.25) is 0 Å². The SMILES string of the molecule is CC(C)[C@H](C)NC(=O)COC(=O)c1cc2c(cc1Cl)N1CCCCCC1=NS2(=O)=O. The highest BCUT2D eigenvalue weighted by Crippen LogP contribution is 2.38. The molecule has 8 nitrogen and oxygen atoms in total. The largest absolute Gasteiger partial charge is 0.452 e. The van der Waals surface area contributed by atoms with Gasteiger partial charge < -0.3 is 15.0 Å². The first kappa shape index (κ1) is 22.6. The van der Waals surface area contributed by atoms with Gasteiger partial charge in [-0.3, -0.25) is 4.79 Å². The van der Waals surface area contributed by atoms with Crippen LogP contribution in [0.4, 0.5) is 5.69 Å². The topological polar surface area (TPSA) is 105 Å². The van der Waals surface area contributed by atoms with Crippen LogP contribution in [0.15, 0.2) is 21.4 Å². The van der Waals surface area contributed by atoms with E-state index in [1.165, 1.54) is 12.1 Å². The van der Waals surface area contributed by atoms with Gasteiger partial charge in [-0.25, -0.2) is 4.79 Å². The van der Waals surface area contributed by atoms with Crippen LogP contribution in [0.2, 0.25) is 5.02 Å². The Labute approximate surface area is 181 Å². The molecule has 1 fully saturated rings. The molecule has 0 unspecified atom stereocenters. The molecule has 0 aliphatic carbocycles. The van der Waals surface area contributed by atoms with E-state index >= 15 is 0 Å². The summed E-state index contributed by atoms with van der Waals surface area (Å²) in [7, 11) is -3.96. The third kappa shape index (κ3) is 4.78. The van der Waals surface area contributed by atoms with E-state index in [0.717, 1.165) is 19.3 Å². The van der Waals surface area contributed by atoms with E-state index in [1.807, 2.05) is 25.7 Å². The average molecular weight is 456 g/mol. The predicted molar refractivity (Wildman–Crippen MR) is 115 cm³/mol. The predicted octanol–water partition coefficient (Wildman–Crippen LogP) is 3.14. The fourth-order valence-corrected chi connectivity index (χ4v) is 4.83. The van der Waals surface area contributed by atoms with Crippen molar-refractivity contribution in [3.63, 3.8) is 0 Å². The maximum atomic E-state index is 12.7. The van der Waals surface area contributed by atoms with Crippen molar-refractivity contribution in [3.8, 4) is 0 Å². The van der Waals surface area contributed by atoms with Crippen molar-refractivity contribution < 1.29 is 22.7 Å². The fourth-order valence-electron chi connectivity index (χ4n) is 3.32. The molecule has 1 aromatic rings. The number of carbonyl (C=O) groups excluding carboxylic acids is 2. The second-order valence-electron chi connectivity index (χ2n) is 7.92. The van der Waals surface area contributed by atoms with Crippen LogP contribution in [0.3, 0.4) is 0 Å². The lowest BCUT2D eigenvalue weighted by Crippen LogP contribution is -2.38. The minimum Gasteiger partial charge on any atom is -0.452 e. The molecule has 3 rings (SSSR count). The monoisotopic (exact) mass is 455 g/mol. The molecule has 1 amide bonds. The number of esters is 1. The van der Waals surface area contributed by atoms with Crippen molar-refractivity contribution in [2.45, 2.75) is 57.4 Å². The van der Waals surface area contributed by atoms with Gasteiger partial charge in [0.1, 0.15) is 10.7 Å². The number of hydrogen-bond acceptors (Lipinski definition) is 6. The summed E-state index contributed by atoms with van der Waals surface area (Å²) < 4.78 is 34.4. The van der Waals surface area contributed by atoms with Crippen molar-refractivity contribution in [1.29, 1.82) is 0 Å². The molecule has 0 bridgehead atoms. The Morgan fingerprint density at radius 3 is 2.67 bits per heavy atom. The molecule has 1 aromatic carbocycles. The molecule has 2 aliphatic heterocycles. The van der Waals surface area contributed by atoms with Gasteiger partial charge in [-0.2, -0.15) is 8.42 Å². The zero-order valence-electron chi connectivity index (χ0n) is 17.3. The Morgan fingerprint density at radius 2 is 1.97 bits per heavy atom. The number of fused-ring (bicyclic) bond motifs is 3. The zero-order valence-corrected chi connectivity index (χ0v) is 18.8. The van der Waals surface area contributed by atoms with Gasteiger partial charge in [-0.15, -0.1) is 4.40 Å². The molecule has 30 heavy (non-hydrogen) atoms. The van der Waals surface area contributed by atoms with E-state index in [4.69, 9.17) is 16.3 Å². The highest BCUT2D eigenvalue weighted by Gasteiger charge is 2.33. The first-order chi connectivity index (χ1) is 14.1. The van der Waals surface area contributed by atoms with Gasteiger partial charge in [0, 0.05) is 19.0 Å². The first-order valence-electron chi connectivity index (χ1n) is 10.0. The molecular formula is C20H26ClN3O5S. The molecule has 2 heterocycles. The number of amidine groups is 1. The van der Waals surface area contributed by atoms with E-state index in [9.17, 15) is 18.0 Å². The van der Waals surface area contributed by atoms with E-state index in [-0.39, 0.29) is 27.4 Å². The summed E-state index contributed by atoms with van der Waals surface area (Å²) in [6, 6.07) is 2.58. The van der Waals surface area contributed by atoms with E-state index < -0.39 is 28.5 Å². The van der Waals surface area contributed by atoms with Gasteiger partial charge in [0.25, 0.3) is 15.9 Å². The number of amides is 1. The fraction of sp³-hybridized carbons (Fsp3) is 0.550. The number of nitrogens with one attached hydrogen (secondary N) is 1. The molecule has 1 atom stereocenters. The molecule has 0 radical (unpaired) electrons. The van der Waals surface area contributed by atoms with Crippen molar-refractivity contribution in [2.24, 2.45) is 10.3 Å². The molecule has 1 N–H and O–H groups in total. The Bertz CT molecular complexity index is 990. The molecular weight excluding hydrogens is 430 g/mol. The van der Waals surface area contributed by atoms with Crippen LogP contribution in [-0.2, 0) is 19.6 Å². The Balaban J connectivity index is 1.82. The quantitative estimate of drug-likeness (QED) is 0.684. The second-order valence-corrected chi connectivity index (χ2v) is 9.90. The van der Waals surface area contributed by atoms with E-state index in [1.54, 1.807) is 0 Å². The number of halogens is 1. The van der Waals surface area contributed by atoms with Gasteiger partial charge in [0.05, 0.1) is 16.3 Å². The number of anilines is 1. The molecule has 164 valence electrons. The summed E-state index contributed by atoms with van der Waals surface area (Å²) in [6.07, 6.45) is 3.34. The molecule has 2 aliphatic rings. The summed E-state index contributed by atoms with van der Waals surface area (Å²) in [5.74, 6) is -0.572. The zero-order chi connectivity index (χ0) is 22.1. The van der Waals surface area contributed by atoms with Crippen molar-refractivity contribution in [1.82, 2.24) is 5.32 Å². The third-order valence-electron chi connectivity index (χ3n) is 5.38. The van der Waals surface area contributed by atoms with E-state index in [2.05, 4.69) is 9.71 Å². The van der Waals surface area contributed by atoms with Gasteiger partial charge in [-0.1, -0.05) is 31.9 Å². The summed E-state index contributed by atoms with van der Waals surface area (Å²) >= 11 is 6.30. The normalized spacial score (nSPS) is 18.6. The van der Waals surface area contributed by atoms with Gasteiger partial charge >= 0.3 is 5.97 Å². The smallest absolute Gasteiger partial charge is 0.340 e. The van der Waals surface area contributed by atoms with Crippen LogP contribution in [0.25, 0.3) is 0 Å². The second kappa shape index (κ2) is 8.93. The minimum atomic E-state index is -3.96. The number of nitrogens with zero attached hydrogens (tertiary/aromatic N) is 2. The minimum absolute atomic E-state index is 0.0652. The van der Waals surface area contributed by atoms with Crippen molar-refractivity contribution in [3.05, 3.63) is 22.7 Å². The van der Waals surface area contributed by atoms with Crippen LogP contribution in [-0.4, -0.2) is 45.3 Å². The van der Waals surface area contributed by atoms with Crippen LogP contribution >= 0.6 is 11.6 Å². The molecule has 10 heteroatoms. The third-order valence-corrected chi connectivity index (χ3v) is 7.03. The lowest BCUT2D eigenvalue weighted by atomic mass is 10.1. The van der Waals surface area contributed by atoms with Crippen LogP contribution in [0.5, 0.6) is 0 Å². The van der Waals surface area contributed by atoms with Crippen LogP contribution in [0, 0.1) is 5.92 Å². The number of sulfonamides is 1. The summed E-state index contributed by atoms with van der Waals surface area (Å²) in [5.41, 5.74) is 0.309. The lowest BCUT2D eigenvalue weighted by molar-refractivity contribution is -0.125. The number of carbonyl (C=O) groups is 2. The number of ether oxygens (including phenoxy) is 1. The Kier molecular flexibility index (Phi) is 6.71. The van der Waals surface area contributed by atoms with Gasteiger partial charge in [-0.05, 0) is 37.8 Å². The summed E-state index contributed by atoms with van der Waals surface area (Å²) in [4.78, 5) is 26.2. The number of hydrogen-bond donors (Lipinski definition) is 1. The van der Waals surface area contributed by atoms with E-state index in [0.29, 0.717) is 24.5 Å². The maximum absolute atomic E-state index is 12.7. The molecule has 0 saturated carbocycles. The molecule has 0 aromatic heterocycles. The lowest BCUT2D eigenvalue weighted by Gasteiger charge is -2.30. The standard InChI is InChI=1S/C20H26ClN3O5S/c1-12(2)13(3)22-19(25)11-29-20(26)14-9-17-16(10-15(14)21)24-8-6-4-5-7-18(24)23-30(17,27)28/h9-10,12-13H,4-8,11H2,1-3H3,(H,22,25)/t13-/m0/s1. The van der Waals surface area contributed by atoms with Crippen molar-refractivity contribution >= 4 is 45.0 Å². The van der Waals surface area contributed by atoms with Crippen molar-refractivity contribution in [2.75, 3.05) is 18.1 Å². The molecule has 0 spiro atoms. The first-order valence-corrected chi connectivity index (χ1v) is 11.8. The number of benzene rings is 1. The Morgan fingerprint density at radius 1 is 1.23 bits per heavy atom.